The van der Waals surface area contributed by atoms with Gasteiger partial charge in [0.05, 0.1) is 5.56 Å². The van der Waals surface area contributed by atoms with Gasteiger partial charge in [0.2, 0.25) is 11.0 Å². The topological polar surface area (TPSA) is 54.9 Å². The summed E-state index contributed by atoms with van der Waals surface area (Å²) in [5.41, 5.74) is -0.458. The first kappa shape index (κ1) is 16.8. The molecule has 9 heteroatoms. The summed E-state index contributed by atoms with van der Waals surface area (Å²) in [5, 5.41) is 10.5. The van der Waals surface area contributed by atoms with E-state index in [2.05, 4.69) is 15.5 Å². The zero-order valence-corrected chi connectivity index (χ0v) is 13.1. The fraction of sp³-hybridized carbons (Fsp3) is 0.308. The van der Waals surface area contributed by atoms with Crippen LogP contribution in [0.4, 0.5) is 18.3 Å². The third-order valence-corrected chi connectivity index (χ3v) is 4.67. The molecule has 1 amide bonds. The van der Waals surface area contributed by atoms with E-state index in [0.717, 1.165) is 29.2 Å². The lowest BCUT2D eigenvalue weighted by Crippen LogP contribution is -2.08. The number of hydrogen-bond acceptors (Lipinski definition) is 5. The van der Waals surface area contributed by atoms with Gasteiger partial charge in [-0.05, 0) is 11.6 Å². The van der Waals surface area contributed by atoms with E-state index in [9.17, 15) is 18.0 Å². The number of nitrogens with one attached hydrogen (secondary N) is 1. The standard InChI is InChI=1S/C13H12F3N3OS2/c1-2-10(20)17-11-18-19-12(22-11)21-7-8-5-3-4-6-9(8)13(14,15)16/h3-6H,2,7H2,1H3,(H,17,18,20). The van der Waals surface area contributed by atoms with Gasteiger partial charge in [-0.3, -0.25) is 4.79 Å². The van der Waals surface area contributed by atoms with Gasteiger partial charge in [0.25, 0.3) is 0 Å². The van der Waals surface area contributed by atoms with Crippen LogP contribution in [-0.2, 0) is 16.7 Å². The summed E-state index contributed by atoms with van der Waals surface area (Å²) in [7, 11) is 0. The fourth-order valence-electron chi connectivity index (χ4n) is 1.59. The number of hydrogen-bond donors (Lipinski definition) is 1. The van der Waals surface area contributed by atoms with Crippen LogP contribution < -0.4 is 5.32 Å². The number of nitrogens with zero attached hydrogens (tertiary/aromatic N) is 2. The summed E-state index contributed by atoms with van der Waals surface area (Å²) in [5.74, 6) is -0.0541. The van der Waals surface area contributed by atoms with E-state index in [-0.39, 0.29) is 17.2 Å². The molecule has 1 N–H and O–H groups in total. The number of carbonyl (C=O) groups excluding carboxylic acids is 1. The molecule has 0 saturated carbocycles. The Labute approximate surface area is 133 Å². The van der Waals surface area contributed by atoms with Gasteiger partial charge in [-0.1, -0.05) is 48.2 Å². The molecule has 0 atom stereocenters. The van der Waals surface area contributed by atoms with Gasteiger partial charge in [0, 0.05) is 12.2 Å². The number of aromatic nitrogens is 2. The molecule has 22 heavy (non-hydrogen) atoms. The minimum Gasteiger partial charge on any atom is -0.301 e. The molecule has 0 unspecified atom stereocenters. The summed E-state index contributed by atoms with van der Waals surface area (Å²) >= 11 is 2.29. The molecule has 0 spiro atoms. The van der Waals surface area contributed by atoms with Crippen molar-refractivity contribution in [3.63, 3.8) is 0 Å². The van der Waals surface area contributed by atoms with Gasteiger partial charge < -0.3 is 5.32 Å². The van der Waals surface area contributed by atoms with E-state index in [1.807, 2.05) is 0 Å². The zero-order valence-electron chi connectivity index (χ0n) is 11.5. The molecule has 2 aromatic rings. The molecule has 0 radical (unpaired) electrons. The van der Waals surface area contributed by atoms with Gasteiger partial charge in [0.15, 0.2) is 4.34 Å². The highest BCUT2D eigenvalue weighted by Gasteiger charge is 2.32. The molecule has 2 rings (SSSR count). The molecule has 0 saturated heterocycles. The molecule has 0 aliphatic heterocycles. The van der Waals surface area contributed by atoms with Crippen molar-refractivity contribution in [3.8, 4) is 0 Å². The number of amides is 1. The number of carbonyl (C=O) groups is 1. The lowest BCUT2D eigenvalue weighted by molar-refractivity contribution is -0.138. The second-order valence-electron chi connectivity index (χ2n) is 4.22. The average Bonchev–Trinajstić information content (AvgIpc) is 2.92. The summed E-state index contributed by atoms with van der Waals surface area (Å²) in [4.78, 5) is 11.2. The Morgan fingerprint density at radius 3 is 2.73 bits per heavy atom. The van der Waals surface area contributed by atoms with Crippen LogP contribution in [0.25, 0.3) is 0 Å². The molecule has 0 aliphatic rings. The Bertz CT molecular complexity index is 658. The maximum absolute atomic E-state index is 12.9. The van der Waals surface area contributed by atoms with Gasteiger partial charge in [-0.25, -0.2) is 0 Å². The van der Waals surface area contributed by atoms with Crippen molar-refractivity contribution in [2.24, 2.45) is 0 Å². The number of anilines is 1. The molecule has 0 aliphatic carbocycles. The zero-order chi connectivity index (χ0) is 16.2. The van der Waals surface area contributed by atoms with Gasteiger partial charge in [0.1, 0.15) is 0 Å². The molecular formula is C13H12F3N3OS2. The first-order valence-electron chi connectivity index (χ1n) is 6.31. The van der Waals surface area contributed by atoms with Crippen LogP contribution in [0.5, 0.6) is 0 Å². The van der Waals surface area contributed by atoms with Gasteiger partial charge in [-0.2, -0.15) is 13.2 Å². The first-order valence-corrected chi connectivity index (χ1v) is 8.11. The monoisotopic (exact) mass is 347 g/mol. The van der Waals surface area contributed by atoms with Crippen LogP contribution in [0.15, 0.2) is 28.6 Å². The molecule has 118 valence electrons. The third kappa shape index (κ3) is 4.44. The van der Waals surface area contributed by atoms with Crippen LogP contribution in [-0.4, -0.2) is 16.1 Å². The third-order valence-electron chi connectivity index (χ3n) is 2.65. The Morgan fingerprint density at radius 1 is 1.32 bits per heavy atom. The largest absolute Gasteiger partial charge is 0.416 e. The second-order valence-corrected chi connectivity index (χ2v) is 6.42. The Kier molecular flexibility index (Phi) is 5.41. The van der Waals surface area contributed by atoms with E-state index in [1.54, 1.807) is 13.0 Å². The van der Waals surface area contributed by atoms with Crippen LogP contribution in [0.2, 0.25) is 0 Å². The number of thioether (sulfide) groups is 1. The predicted octanol–water partition coefficient (Wildman–Crippen LogP) is 4.20. The summed E-state index contributed by atoms with van der Waals surface area (Å²) in [6, 6.07) is 5.43. The van der Waals surface area contributed by atoms with E-state index >= 15 is 0 Å². The molecule has 4 nitrogen and oxygen atoms in total. The van der Waals surface area contributed by atoms with Crippen molar-refractivity contribution in [1.82, 2.24) is 10.2 Å². The smallest absolute Gasteiger partial charge is 0.301 e. The van der Waals surface area contributed by atoms with E-state index in [0.29, 0.717) is 15.9 Å². The van der Waals surface area contributed by atoms with Crippen molar-refractivity contribution in [2.75, 3.05) is 5.32 Å². The first-order chi connectivity index (χ1) is 10.4. The van der Waals surface area contributed by atoms with Gasteiger partial charge in [-0.15, -0.1) is 10.2 Å². The van der Waals surface area contributed by atoms with Crippen LogP contribution in [0.1, 0.15) is 24.5 Å². The van der Waals surface area contributed by atoms with E-state index in [1.165, 1.54) is 12.1 Å². The lowest BCUT2D eigenvalue weighted by Gasteiger charge is -2.11. The molecule has 1 aromatic carbocycles. The Balaban J connectivity index is 2.04. The summed E-state index contributed by atoms with van der Waals surface area (Å²) in [6.45, 7) is 1.71. The minimum absolute atomic E-state index is 0.131. The second kappa shape index (κ2) is 7.10. The molecule has 0 bridgehead atoms. The highest BCUT2D eigenvalue weighted by molar-refractivity contribution is 8.00. The highest BCUT2D eigenvalue weighted by atomic mass is 32.2. The van der Waals surface area contributed by atoms with Crippen LogP contribution in [0, 0.1) is 0 Å². The molecule has 1 aromatic heterocycles. The fourth-order valence-corrected chi connectivity index (χ4v) is 3.36. The quantitative estimate of drug-likeness (QED) is 0.651. The predicted molar refractivity (Wildman–Crippen MR) is 79.8 cm³/mol. The van der Waals surface area contributed by atoms with Crippen molar-refractivity contribution >= 4 is 34.1 Å². The van der Waals surface area contributed by atoms with Crippen LogP contribution >= 0.6 is 23.1 Å². The molecule has 0 fully saturated rings. The Hall–Kier alpha value is -1.61. The van der Waals surface area contributed by atoms with Crippen LogP contribution in [0.3, 0.4) is 0 Å². The number of halogens is 3. The maximum atomic E-state index is 12.9. The normalized spacial score (nSPS) is 11.5. The Morgan fingerprint density at radius 2 is 2.05 bits per heavy atom. The van der Waals surface area contributed by atoms with E-state index in [4.69, 9.17) is 0 Å². The van der Waals surface area contributed by atoms with Crippen molar-refractivity contribution in [2.45, 2.75) is 29.6 Å². The van der Waals surface area contributed by atoms with Crippen molar-refractivity contribution in [3.05, 3.63) is 35.4 Å². The number of alkyl halides is 3. The van der Waals surface area contributed by atoms with Crippen molar-refractivity contribution in [1.29, 1.82) is 0 Å². The summed E-state index contributed by atoms with van der Waals surface area (Å²) < 4.78 is 39.1. The SMILES string of the molecule is CCC(=O)Nc1nnc(SCc2ccccc2C(F)(F)F)s1. The van der Waals surface area contributed by atoms with E-state index < -0.39 is 11.7 Å². The highest BCUT2D eigenvalue weighted by Crippen LogP contribution is 2.35. The minimum atomic E-state index is -4.38. The average molecular weight is 347 g/mol. The van der Waals surface area contributed by atoms with Crippen molar-refractivity contribution < 1.29 is 18.0 Å². The number of benzene rings is 1. The molecule has 1 heterocycles. The maximum Gasteiger partial charge on any atom is 0.416 e. The number of rotatable bonds is 5. The van der Waals surface area contributed by atoms with Gasteiger partial charge >= 0.3 is 6.18 Å². The summed E-state index contributed by atoms with van der Waals surface area (Å²) in [6.07, 6.45) is -4.06. The lowest BCUT2D eigenvalue weighted by atomic mass is 10.1. The molecular weight excluding hydrogens is 335 g/mol.